The molecular weight excluding hydrogens is 280 g/mol. The van der Waals surface area contributed by atoms with Crippen LogP contribution in [0.1, 0.15) is 33.4 Å². The molecule has 0 radical (unpaired) electrons. The molecule has 1 atom stereocenters. The first-order valence-electron chi connectivity index (χ1n) is 7.25. The number of morpholine rings is 1. The Morgan fingerprint density at radius 3 is 3.00 bits per heavy atom. The Labute approximate surface area is 129 Å². The lowest BCUT2D eigenvalue weighted by molar-refractivity contribution is -0.0229. The number of pyridine rings is 1. The summed E-state index contributed by atoms with van der Waals surface area (Å²) < 4.78 is 5.81. The van der Waals surface area contributed by atoms with Crippen molar-refractivity contribution in [3.05, 3.63) is 53.4 Å². The van der Waals surface area contributed by atoms with E-state index in [0.29, 0.717) is 31.0 Å². The van der Waals surface area contributed by atoms with Crippen LogP contribution in [0, 0.1) is 13.8 Å². The molecule has 22 heavy (non-hydrogen) atoms. The Balaban J connectivity index is 1.78. The molecule has 2 aromatic rings. The Kier molecular flexibility index (Phi) is 4.11. The maximum atomic E-state index is 12.6. The summed E-state index contributed by atoms with van der Waals surface area (Å²) in [6, 6.07) is 3.93. The first-order chi connectivity index (χ1) is 10.6. The number of hydrogen-bond donors (Lipinski definition) is 0. The van der Waals surface area contributed by atoms with Crippen LogP contribution in [0.5, 0.6) is 0 Å². The molecule has 1 aliphatic rings. The molecule has 6 heteroatoms. The lowest BCUT2D eigenvalue weighted by Gasteiger charge is -2.33. The highest BCUT2D eigenvalue weighted by Crippen LogP contribution is 2.23. The predicted molar refractivity (Wildman–Crippen MR) is 80.3 cm³/mol. The van der Waals surface area contributed by atoms with Gasteiger partial charge in [0.15, 0.2) is 0 Å². The van der Waals surface area contributed by atoms with Crippen LogP contribution in [0.2, 0.25) is 0 Å². The van der Waals surface area contributed by atoms with E-state index >= 15 is 0 Å². The summed E-state index contributed by atoms with van der Waals surface area (Å²) >= 11 is 0. The number of amides is 1. The second kappa shape index (κ2) is 6.19. The molecule has 0 saturated carbocycles. The van der Waals surface area contributed by atoms with Gasteiger partial charge in [0.25, 0.3) is 5.91 Å². The van der Waals surface area contributed by atoms with Crippen LogP contribution in [-0.2, 0) is 4.74 Å². The van der Waals surface area contributed by atoms with E-state index in [2.05, 4.69) is 15.0 Å². The zero-order valence-corrected chi connectivity index (χ0v) is 12.7. The third-order valence-corrected chi connectivity index (χ3v) is 3.79. The number of aromatic nitrogens is 3. The van der Waals surface area contributed by atoms with Gasteiger partial charge in [0, 0.05) is 24.6 Å². The molecule has 1 amide bonds. The summed E-state index contributed by atoms with van der Waals surface area (Å²) in [5, 5.41) is 0. The fourth-order valence-electron chi connectivity index (χ4n) is 2.57. The highest BCUT2D eigenvalue weighted by molar-refractivity contribution is 5.95. The Morgan fingerprint density at radius 1 is 1.36 bits per heavy atom. The SMILES string of the molecule is Cc1cc(C2CN(C(=O)c3cncnc3C)CCO2)ccn1. The monoisotopic (exact) mass is 298 g/mol. The number of nitrogens with zero attached hydrogens (tertiary/aromatic N) is 4. The molecule has 0 bridgehead atoms. The van der Waals surface area contributed by atoms with Gasteiger partial charge in [-0.15, -0.1) is 0 Å². The molecule has 0 aromatic carbocycles. The third-order valence-electron chi connectivity index (χ3n) is 3.79. The molecule has 2 aromatic heterocycles. The number of aryl methyl sites for hydroxylation is 2. The molecule has 0 spiro atoms. The van der Waals surface area contributed by atoms with E-state index < -0.39 is 0 Å². The van der Waals surface area contributed by atoms with Gasteiger partial charge in [-0.2, -0.15) is 0 Å². The van der Waals surface area contributed by atoms with E-state index in [9.17, 15) is 4.79 Å². The van der Waals surface area contributed by atoms with Crippen LogP contribution in [0.15, 0.2) is 30.9 Å². The van der Waals surface area contributed by atoms with Crippen LogP contribution < -0.4 is 0 Å². The normalized spacial score (nSPS) is 18.3. The van der Waals surface area contributed by atoms with Gasteiger partial charge in [-0.1, -0.05) is 0 Å². The minimum Gasteiger partial charge on any atom is -0.370 e. The highest BCUT2D eigenvalue weighted by atomic mass is 16.5. The summed E-state index contributed by atoms with van der Waals surface area (Å²) in [5.41, 5.74) is 3.24. The van der Waals surface area contributed by atoms with E-state index in [0.717, 1.165) is 11.3 Å². The lowest BCUT2D eigenvalue weighted by Crippen LogP contribution is -2.42. The number of hydrogen-bond acceptors (Lipinski definition) is 5. The van der Waals surface area contributed by atoms with Crippen LogP contribution in [-0.4, -0.2) is 45.5 Å². The van der Waals surface area contributed by atoms with Crippen LogP contribution in [0.4, 0.5) is 0 Å². The summed E-state index contributed by atoms with van der Waals surface area (Å²) in [6.07, 6.45) is 4.67. The van der Waals surface area contributed by atoms with Crippen molar-refractivity contribution in [1.82, 2.24) is 19.9 Å². The second-order valence-corrected chi connectivity index (χ2v) is 5.36. The molecule has 1 aliphatic heterocycles. The fourth-order valence-corrected chi connectivity index (χ4v) is 2.57. The van der Waals surface area contributed by atoms with Gasteiger partial charge >= 0.3 is 0 Å². The van der Waals surface area contributed by atoms with Crippen LogP contribution in [0.25, 0.3) is 0 Å². The minimum atomic E-state index is -0.121. The zero-order chi connectivity index (χ0) is 15.5. The standard InChI is InChI=1S/C16H18N4O2/c1-11-7-13(3-4-18-11)15-9-20(5-6-22-15)16(21)14-8-17-10-19-12(14)2/h3-4,7-8,10,15H,5-6,9H2,1-2H3. The van der Waals surface area contributed by atoms with E-state index in [4.69, 9.17) is 4.74 Å². The molecule has 6 nitrogen and oxygen atoms in total. The van der Waals surface area contributed by atoms with Crippen molar-refractivity contribution in [3.8, 4) is 0 Å². The van der Waals surface area contributed by atoms with Gasteiger partial charge in [-0.3, -0.25) is 9.78 Å². The zero-order valence-electron chi connectivity index (χ0n) is 12.7. The summed E-state index contributed by atoms with van der Waals surface area (Å²) in [6.45, 7) is 5.38. The average molecular weight is 298 g/mol. The van der Waals surface area contributed by atoms with Crippen molar-refractivity contribution in [2.75, 3.05) is 19.7 Å². The predicted octanol–water partition coefficient (Wildman–Crippen LogP) is 1.70. The van der Waals surface area contributed by atoms with Crippen molar-refractivity contribution in [1.29, 1.82) is 0 Å². The molecule has 0 aliphatic carbocycles. The molecular formula is C16H18N4O2. The van der Waals surface area contributed by atoms with Crippen molar-refractivity contribution < 1.29 is 9.53 Å². The van der Waals surface area contributed by atoms with E-state index in [1.807, 2.05) is 26.0 Å². The quantitative estimate of drug-likeness (QED) is 0.844. The second-order valence-electron chi connectivity index (χ2n) is 5.36. The Hall–Kier alpha value is -2.34. The van der Waals surface area contributed by atoms with Gasteiger partial charge in [0.2, 0.25) is 0 Å². The first-order valence-corrected chi connectivity index (χ1v) is 7.25. The molecule has 3 rings (SSSR count). The van der Waals surface area contributed by atoms with Crippen LogP contribution >= 0.6 is 0 Å². The Bertz CT molecular complexity index is 689. The van der Waals surface area contributed by atoms with Crippen molar-refractivity contribution in [3.63, 3.8) is 0 Å². The number of carbonyl (C=O) groups is 1. The van der Waals surface area contributed by atoms with Gasteiger partial charge in [0.05, 0.1) is 24.4 Å². The van der Waals surface area contributed by atoms with E-state index in [1.165, 1.54) is 6.33 Å². The van der Waals surface area contributed by atoms with Gasteiger partial charge in [-0.05, 0) is 31.5 Å². The number of rotatable bonds is 2. The third kappa shape index (κ3) is 2.96. The number of ether oxygens (including phenoxy) is 1. The van der Waals surface area contributed by atoms with E-state index in [-0.39, 0.29) is 12.0 Å². The van der Waals surface area contributed by atoms with Gasteiger partial charge in [-0.25, -0.2) is 9.97 Å². The first kappa shape index (κ1) is 14.6. The van der Waals surface area contributed by atoms with Gasteiger partial charge < -0.3 is 9.64 Å². The Morgan fingerprint density at radius 2 is 2.23 bits per heavy atom. The fraction of sp³-hybridized carbons (Fsp3) is 0.375. The van der Waals surface area contributed by atoms with E-state index in [1.54, 1.807) is 17.3 Å². The lowest BCUT2D eigenvalue weighted by atomic mass is 10.1. The summed E-state index contributed by atoms with van der Waals surface area (Å²) in [7, 11) is 0. The summed E-state index contributed by atoms with van der Waals surface area (Å²) in [4.78, 5) is 26.7. The molecule has 1 saturated heterocycles. The number of carbonyl (C=O) groups excluding carboxylic acids is 1. The largest absolute Gasteiger partial charge is 0.370 e. The van der Waals surface area contributed by atoms with Crippen molar-refractivity contribution >= 4 is 5.91 Å². The molecule has 1 fully saturated rings. The average Bonchev–Trinajstić information content (AvgIpc) is 2.55. The van der Waals surface area contributed by atoms with Gasteiger partial charge in [0.1, 0.15) is 12.4 Å². The topological polar surface area (TPSA) is 68.2 Å². The minimum absolute atomic E-state index is 0.0443. The molecule has 3 heterocycles. The molecule has 114 valence electrons. The highest BCUT2D eigenvalue weighted by Gasteiger charge is 2.27. The molecule has 1 unspecified atom stereocenters. The smallest absolute Gasteiger partial charge is 0.257 e. The van der Waals surface area contributed by atoms with Crippen molar-refractivity contribution in [2.24, 2.45) is 0 Å². The maximum absolute atomic E-state index is 12.6. The maximum Gasteiger partial charge on any atom is 0.257 e. The molecule has 0 N–H and O–H groups in total. The summed E-state index contributed by atoms with van der Waals surface area (Å²) in [5.74, 6) is -0.0443. The van der Waals surface area contributed by atoms with Crippen molar-refractivity contribution in [2.45, 2.75) is 20.0 Å². The van der Waals surface area contributed by atoms with Crippen LogP contribution in [0.3, 0.4) is 0 Å².